The van der Waals surface area contributed by atoms with Crippen LogP contribution in [0, 0.1) is 0 Å². The van der Waals surface area contributed by atoms with Crippen LogP contribution >= 0.6 is 15.9 Å². The topological polar surface area (TPSA) is 83.2 Å². The van der Waals surface area contributed by atoms with E-state index in [2.05, 4.69) is 34.7 Å². The van der Waals surface area contributed by atoms with Gasteiger partial charge in [-0.1, -0.05) is 40.2 Å². The summed E-state index contributed by atoms with van der Waals surface area (Å²) < 4.78 is 12.2. The zero-order chi connectivity index (χ0) is 27.0. The first-order chi connectivity index (χ1) is 18.4. The highest BCUT2D eigenvalue weighted by atomic mass is 79.9. The molecule has 0 radical (unpaired) electrons. The van der Waals surface area contributed by atoms with Crippen molar-refractivity contribution in [3.8, 4) is 5.75 Å². The molecule has 0 saturated carbocycles. The minimum absolute atomic E-state index is 0.0408. The van der Waals surface area contributed by atoms with Crippen LogP contribution in [0.4, 0.5) is 11.4 Å². The Bertz CT molecular complexity index is 1550. The van der Waals surface area contributed by atoms with Crippen molar-refractivity contribution in [1.29, 1.82) is 0 Å². The van der Waals surface area contributed by atoms with Gasteiger partial charge in [0.15, 0.2) is 11.5 Å². The molecule has 1 aromatic heterocycles. The first-order valence-corrected chi connectivity index (χ1v) is 13.2. The van der Waals surface area contributed by atoms with Gasteiger partial charge in [0.05, 0.1) is 24.4 Å². The van der Waals surface area contributed by atoms with Crippen LogP contribution in [0.15, 0.2) is 93.0 Å². The van der Waals surface area contributed by atoms with E-state index >= 15 is 0 Å². The molecule has 2 heterocycles. The third-order valence-corrected chi connectivity index (χ3v) is 7.33. The summed E-state index contributed by atoms with van der Waals surface area (Å²) in [6.45, 7) is 5.86. The maximum absolute atomic E-state index is 13.9. The Labute approximate surface area is 229 Å². The van der Waals surface area contributed by atoms with E-state index in [1.54, 1.807) is 36.4 Å². The van der Waals surface area contributed by atoms with Gasteiger partial charge in [-0.25, -0.2) is 0 Å². The van der Waals surface area contributed by atoms with Crippen molar-refractivity contribution in [1.82, 2.24) is 0 Å². The van der Waals surface area contributed by atoms with Crippen LogP contribution in [0.1, 0.15) is 36.0 Å². The van der Waals surface area contributed by atoms with E-state index in [0.29, 0.717) is 22.6 Å². The molecule has 194 valence electrons. The summed E-state index contributed by atoms with van der Waals surface area (Å²) in [6.07, 6.45) is 0. The van der Waals surface area contributed by atoms with Gasteiger partial charge in [0.1, 0.15) is 11.3 Å². The number of furan rings is 1. The van der Waals surface area contributed by atoms with Gasteiger partial charge in [-0.05, 0) is 67.9 Å². The molecule has 1 N–H and O–H groups in total. The van der Waals surface area contributed by atoms with Crippen molar-refractivity contribution in [2.45, 2.75) is 19.9 Å². The molecular weight excluding hydrogens is 548 g/mol. The minimum atomic E-state index is -0.892. The van der Waals surface area contributed by atoms with Gasteiger partial charge < -0.3 is 19.2 Å². The predicted molar refractivity (Wildman–Crippen MR) is 151 cm³/mol. The van der Waals surface area contributed by atoms with Crippen molar-refractivity contribution in [3.05, 3.63) is 99.9 Å². The second-order valence-electron chi connectivity index (χ2n) is 8.90. The maximum Gasteiger partial charge on any atom is 0.294 e. The van der Waals surface area contributed by atoms with Gasteiger partial charge >= 0.3 is 0 Å². The van der Waals surface area contributed by atoms with Crippen LogP contribution in [0.2, 0.25) is 0 Å². The van der Waals surface area contributed by atoms with Crippen LogP contribution in [0.5, 0.6) is 5.75 Å². The molecule has 1 unspecified atom stereocenters. The lowest BCUT2D eigenvalue weighted by Crippen LogP contribution is -2.31. The van der Waals surface area contributed by atoms with Crippen LogP contribution in [0.25, 0.3) is 11.0 Å². The van der Waals surface area contributed by atoms with E-state index in [9.17, 15) is 14.7 Å². The maximum atomic E-state index is 13.9. The lowest BCUT2D eigenvalue weighted by Gasteiger charge is -2.28. The van der Waals surface area contributed by atoms with E-state index in [0.717, 1.165) is 28.6 Å². The number of para-hydroxylation sites is 2. The third-order valence-electron chi connectivity index (χ3n) is 6.84. The number of anilines is 2. The van der Waals surface area contributed by atoms with Gasteiger partial charge in [-0.15, -0.1) is 0 Å². The Morgan fingerprint density at radius 1 is 1.05 bits per heavy atom. The van der Waals surface area contributed by atoms with Crippen LogP contribution in [-0.2, 0) is 4.79 Å². The number of fused-ring (bicyclic) bond motifs is 1. The second-order valence-corrected chi connectivity index (χ2v) is 9.81. The van der Waals surface area contributed by atoms with Crippen molar-refractivity contribution < 1.29 is 23.8 Å². The Kier molecular flexibility index (Phi) is 6.99. The second kappa shape index (κ2) is 10.4. The Morgan fingerprint density at radius 2 is 1.76 bits per heavy atom. The molecular formula is C30H27BrN2O5. The number of benzene rings is 3. The van der Waals surface area contributed by atoms with E-state index in [4.69, 9.17) is 9.15 Å². The summed E-state index contributed by atoms with van der Waals surface area (Å²) in [4.78, 5) is 31.1. The molecule has 1 aliphatic heterocycles. The summed E-state index contributed by atoms with van der Waals surface area (Å²) >= 11 is 3.43. The fourth-order valence-electron chi connectivity index (χ4n) is 4.94. The van der Waals surface area contributed by atoms with Crippen molar-refractivity contribution in [2.75, 3.05) is 30.0 Å². The molecule has 7 nitrogen and oxygen atoms in total. The number of rotatable bonds is 8. The average Bonchev–Trinajstić information content (AvgIpc) is 3.47. The molecule has 4 aromatic rings. The van der Waals surface area contributed by atoms with Crippen LogP contribution in [-0.4, -0.2) is 37.0 Å². The fraction of sp³-hybridized carbons (Fsp3) is 0.200. The molecule has 0 saturated heterocycles. The predicted octanol–water partition coefficient (Wildman–Crippen LogP) is 6.83. The lowest BCUT2D eigenvalue weighted by molar-refractivity contribution is -0.117. The summed E-state index contributed by atoms with van der Waals surface area (Å²) in [5.41, 5.74) is 2.63. The smallest absolute Gasteiger partial charge is 0.294 e. The van der Waals surface area contributed by atoms with Crippen molar-refractivity contribution in [2.24, 2.45) is 0 Å². The van der Waals surface area contributed by atoms with Gasteiger partial charge in [0.25, 0.3) is 5.91 Å². The molecule has 3 aromatic carbocycles. The molecule has 8 heteroatoms. The molecule has 0 spiro atoms. The third kappa shape index (κ3) is 4.35. The summed E-state index contributed by atoms with van der Waals surface area (Å²) in [7, 11) is 1.51. The number of ketones is 1. The first kappa shape index (κ1) is 25.6. The summed E-state index contributed by atoms with van der Waals surface area (Å²) in [5.74, 6) is -1.37. The molecule has 0 aliphatic carbocycles. The lowest BCUT2D eigenvalue weighted by atomic mass is 9.94. The number of hydrogen-bond donors (Lipinski definition) is 1. The molecule has 0 bridgehead atoms. The largest absolute Gasteiger partial charge is 0.503 e. The number of hydrogen-bond acceptors (Lipinski definition) is 6. The molecule has 1 atom stereocenters. The number of nitrogens with zero attached hydrogens (tertiary/aromatic N) is 2. The zero-order valence-electron chi connectivity index (χ0n) is 21.3. The van der Waals surface area contributed by atoms with Crippen LogP contribution < -0.4 is 14.5 Å². The Hall–Kier alpha value is -4.04. The Balaban J connectivity index is 1.65. The summed E-state index contributed by atoms with van der Waals surface area (Å²) in [6, 6.07) is 20.9. The number of carbonyl (C=O) groups excluding carboxylic acids is 2. The quantitative estimate of drug-likeness (QED) is 0.232. The van der Waals surface area contributed by atoms with E-state index in [1.807, 2.05) is 36.4 Å². The SMILES string of the molecule is CCN(CC)c1ccc(C2C(C(=O)c3cc4cc(Br)ccc4o3)=C(O)C(=O)N2c2ccccc2OC)cc1. The standard InChI is InChI=1S/C30H27BrN2O5/c1-4-32(5-2)21-13-10-18(11-14-21)27-26(28(34)25-17-19-16-20(31)12-15-23(19)38-25)29(35)30(36)33(27)22-8-6-7-9-24(22)37-3/h6-17,27,35H,4-5H2,1-3H3. The monoisotopic (exact) mass is 574 g/mol. The number of amides is 1. The van der Waals surface area contributed by atoms with Crippen molar-refractivity contribution in [3.63, 3.8) is 0 Å². The number of methoxy groups -OCH3 is 1. The van der Waals surface area contributed by atoms with Gasteiger partial charge in [0, 0.05) is 28.6 Å². The minimum Gasteiger partial charge on any atom is -0.503 e. The van der Waals surface area contributed by atoms with Crippen molar-refractivity contribution >= 4 is 50.0 Å². The van der Waals surface area contributed by atoms with Gasteiger partial charge in [0.2, 0.25) is 5.78 Å². The number of Topliss-reactive ketones (excluding diaryl/α,β-unsaturated/α-hetero) is 1. The van der Waals surface area contributed by atoms with Gasteiger partial charge in [-0.3, -0.25) is 14.5 Å². The van der Waals surface area contributed by atoms with E-state index in [1.165, 1.54) is 12.0 Å². The zero-order valence-corrected chi connectivity index (χ0v) is 22.9. The van der Waals surface area contributed by atoms with Gasteiger partial charge in [-0.2, -0.15) is 0 Å². The number of aliphatic hydroxyl groups is 1. The summed E-state index contributed by atoms with van der Waals surface area (Å²) in [5, 5.41) is 11.9. The highest BCUT2D eigenvalue weighted by Crippen LogP contribution is 2.45. The molecule has 1 amide bonds. The highest BCUT2D eigenvalue weighted by molar-refractivity contribution is 9.10. The number of ether oxygens (including phenoxy) is 1. The normalized spacial score (nSPS) is 15.4. The molecule has 1 aliphatic rings. The van der Waals surface area contributed by atoms with E-state index < -0.39 is 23.5 Å². The molecule has 38 heavy (non-hydrogen) atoms. The average molecular weight is 575 g/mol. The number of halogens is 1. The first-order valence-electron chi connectivity index (χ1n) is 12.4. The van der Waals surface area contributed by atoms with E-state index in [-0.39, 0.29) is 11.3 Å². The molecule has 0 fully saturated rings. The number of aliphatic hydroxyl groups excluding tert-OH is 1. The highest BCUT2D eigenvalue weighted by Gasteiger charge is 2.46. The fourth-order valence-corrected chi connectivity index (χ4v) is 5.32. The van der Waals surface area contributed by atoms with Crippen LogP contribution in [0.3, 0.4) is 0 Å². The molecule has 5 rings (SSSR count). The number of carbonyl (C=O) groups is 2. The Morgan fingerprint density at radius 3 is 2.45 bits per heavy atom.